The molecule has 7 heteroatoms. The number of amides is 2. The summed E-state index contributed by atoms with van der Waals surface area (Å²) < 4.78 is 0. The number of unbranched alkanes of at least 4 members (excludes halogenated alkanes) is 1. The Balaban J connectivity index is 1.93. The van der Waals surface area contributed by atoms with Crippen LogP contribution in [0.5, 0.6) is 0 Å². The zero-order valence-electron chi connectivity index (χ0n) is 16.4. The maximum atomic E-state index is 12.4. The molecule has 0 spiro atoms. The number of nitrogens with one attached hydrogen (secondary N) is 2. The molecule has 0 bridgehead atoms. The minimum Gasteiger partial charge on any atom is -0.344 e. The van der Waals surface area contributed by atoms with Crippen molar-refractivity contribution < 1.29 is 9.59 Å². The van der Waals surface area contributed by atoms with Gasteiger partial charge >= 0.3 is 0 Å². The Morgan fingerprint density at radius 1 is 1.19 bits per heavy atom. The van der Waals surface area contributed by atoms with Crippen LogP contribution in [-0.2, 0) is 9.59 Å². The van der Waals surface area contributed by atoms with Crippen LogP contribution in [0.1, 0.15) is 52.0 Å². The van der Waals surface area contributed by atoms with Crippen LogP contribution >= 0.6 is 11.3 Å². The van der Waals surface area contributed by atoms with E-state index < -0.39 is 6.04 Å². The number of carbonyl (C=O) groups is 2. The van der Waals surface area contributed by atoms with E-state index in [4.69, 9.17) is 0 Å². The van der Waals surface area contributed by atoms with Crippen LogP contribution in [0.15, 0.2) is 24.3 Å². The zero-order valence-corrected chi connectivity index (χ0v) is 17.2. The number of hydrogen-bond donors (Lipinski definition) is 2. The molecule has 0 unspecified atom stereocenters. The fourth-order valence-electron chi connectivity index (χ4n) is 2.75. The Labute approximate surface area is 164 Å². The molecule has 0 saturated carbocycles. The van der Waals surface area contributed by atoms with Gasteiger partial charge in [0.25, 0.3) is 0 Å². The van der Waals surface area contributed by atoms with Crippen LogP contribution in [0.25, 0.3) is 10.6 Å². The van der Waals surface area contributed by atoms with Crippen molar-refractivity contribution in [1.82, 2.24) is 15.5 Å². The molecule has 2 atom stereocenters. The first kappa shape index (κ1) is 21.0. The van der Waals surface area contributed by atoms with Crippen LogP contribution < -0.4 is 10.6 Å². The van der Waals surface area contributed by atoms with E-state index in [0.717, 1.165) is 41.8 Å². The van der Waals surface area contributed by atoms with E-state index in [1.54, 1.807) is 6.92 Å². The average molecular weight is 389 g/mol. The molecular formula is C20H28N4O2S. The third-order valence-corrected chi connectivity index (χ3v) is 5.33. The number of anilines is 1. The van der Waals surface area contributed by atoms with Gasteiger partial charge in [-0.15, -0.1) is 10.2 Å². The fraction of sp³-hybridized carbons (Fsp3) is 0.500. The minimum absolute atomic E-state index is 0.0466. The summed E-state index contributed by atoms with van der Waals surface area (Å²) >= 11 is 1.31. The van der Waals surface area contributed by atoms with E-state index in [1.165, 1.54) is 11.3 Å². The summed E-state index contributed by atoms with van der Waals surface area (Å²) in [5, 5.41) is 14.9. The molecule has 1 aromatic heterocycles. The van der Waals surface area contributed by atoms with Gasteiger partial charge in [-0.1, -0.05) is 61.8 Å². The van der Waals surface area contributed by atoms with E-state index in [2.05, 4.69) is 27.8 Å². The first-order valence-electron chi connectivity index (χ1n) is 9.46. The molecule has 2 rings (SSSR count). The van der Waals surface area contributed by atoms with Gasteiger partial charge in [0.05, 0.1) is 0 Å². The Hall–Kier alpha value is -2.28. The smallest absolute Gasteiger partial charge is 0.248 e. The third-order valence-electron chi connectivity index (χ3n) is 4.44. The van der Waals surface area contributed by atoms with Crippen molar-refractivity contribution >= 4 is 28.3 Å². The van der Waals surface area contributed by atoms with E-state index >= 15 is 0 Å². The predicted molar refractivity (Wildman–Crippen MR) is 110 cm³/mol. The van der Waals surface area contributed by atoms with Gasteiger partial charge in [-0.3, -0.25) is 14.9 Å². The molecule has 2 amide bonds. The molecule has 1 heterocycles. The van der Waals surface area contributed by atoms with Crippen LogP contribution in [0.3, 0.4) is 0 Å². The standard InChI is InChI=1S/C20H28N4O2S/c1-5-7-10-15(6-2)18(26)21-14(4)17(25)22-20-24-23-19(27-20)16-11-8-9-13(3)12-16/h8-9,11-12,14-15H,5-7,10H2,1-4H3,(H,21,26)(H,22,24,25)/t14-,15-/m1/s1. The van der Waals surface area contributed by atoms with Crippen molar-refractivity contribution in [2.24, 2.45) is 5.92 Å². The lowest BCUT2D eigenvalue weighted by Crippen LogP contribution is -2.44. The van der Waals surface area contributed by atoms with Crippen molar-refractivity contribution in [2.45, 2.75) is 59.4 Å². The number of aryl methyl sites for hydroxylation is 1. The molecule has 27 heavy (non-hydrogen) atoms. The van der Waals surface area contributed by atoms with E-state index in [0.29, 0.717) is 5.13 Å². The molecule has 1 aromatic carbocycles. The van der Waals surface area contributed by atoms with Crippen molar-refractivity contribution in [3.8, 4) is 10.6 Å². The van der Waals surface area contributed by atoms with Gasteiger partial charge in [0, 0.05) is 11.5 Å². The van der Waals surface area contributed by atoms with Crippen molar-refractivity contribution in [3.63, 3.8) is 0 Å². The predicted octanol–water partition coefficient (Wildman–Crippen LogP) is 4.17. The van der Waals surface area contributed by atoms with E-state index in [1.807, 2.05) is 38.1 Å². The maximum absolute atomic E-state index is 12.4. The summed E-state index contributed by atoms with van der Waals surface area (Å²) in [6, 6.07) is 7.34. The number of aromatic nitrogens is 2. The average Bonchev–Trinajstić information content (AvgIpc) is 3.10. The van der Waals surface area contributed by atoms with Gasteiger partial charge in [0.1, 0.15) is 11.0 Å². The molecule has 6 nitrogen and oxygen atoms in total. The van der Waals surface area contributed by atoms with Gasteiger partial charge in [-0.05, 0) is 32.8 Å². The van der Waals surface area contributed by atoms with Crippen LogP contribution in [0.4, 0.5) is 5.13 Å². The summed E-state index contributed by atoms with van der Waals surface area (Å²) in [4.78, 5) is 24.7. The second kappa shape index (κ2) is 10.2. The van der Waals surface area contributed by atoms with Gasteiger partial charge in [-0.25, -0.2) is 0 Å². The lowest BCUT2D eigenvalue weighted by atomic mass is 9.98. The second-order valence-corrected chi connectivity index (χ2v) is 7.73. The Bertz CT molecular complexity index is 775. The largest absolute Gasteiger partial charge is 0.344 e. The molecule has 146 valence electrons. The first-order valence-corrected chi connectivity index (χ1v) is 10.3. The quantitative estimate of drug-likeness (QED) is 0.675. The van der Waals surface area contributed by atoms with E-state index in [9.17, 15) is 9.59 Å². The lowest BCUT2D eigenvalue weighted by Gasteiger charge is -2.18. The Kier molecular flexibility index (Phi) is 7.91. The summed E-state index contributed by atoms with van der Waals surface area (Å²) in [5.74, 6) is -0.401. The summed E-state index contributed by atoms with van der Waals surface area (Å²) in [6.45, 7) is 7.80. The number of hydrogen-bond acceptors (Lipinski definition) is 5. The minimum atomic E-state index is -0.625. The molecule has 2 aromatic rings. The van der Waals surface area contributed by atoms with Crippen LogP contribution in [0.2, 0.25) is 0 Å². The molecule has 0 radical (unpaired) electrons. The second-order valence-electron chi connectivity index (χ2n) is 6.75. The SMILES string of the molecule is CCCC[C@@H](CC)C(=O)N[C@H](C)C(=O)Nc1nnc(-c2cccc(C)c2)s1. The molecule has 0 aliphatic carbocycles. The highest BCUT2D eigenvalue weighted by Gasteiger charge is 2.22. The maximum Gasteiger partial charge on any atom is 0.248 e. The summed E-state index contributed by atoms with van der Waals surface area (Å²) in [7, 11) is 0. The lowest BCUT2D eigenvalue weighted by molar-refractivity contribution is -0.129. The fourth-order valence-corrected chi connectivity index (χ4v) is 3.49. The molecule has 2 N–H and O–H groups in total. The highest BCUT2D eigenvalue weighted by Crippen LogP contribution is 2.26. The van der Waals surface area contributed by atoms with Gasteiger partial charge in [0.2, 0.25) is 16.9 Å². The van der Waals surface area contributed by atoms with Gasteiger partial charge < -0.3 is 5.32 Å². The third kappa shape index (κ3) is 6.13. The number of nitrogens with zero attached hydrogens (tertiary/aromatic N) is 2. The van der Waals surface area contributed by atoms with E-state index in [-0.39, 0.29) is 17.7 Å². The van der Waals surface area contributed by atoms with Crippen molar-refractivity contribution in [1.29, 1.82) is 0 Å². The van der Waals surface area contributed by atoms with Crippen molar-refractivity contribution in [2.75, 3.05) is 5.32 Å². The Morgan fingerprint density at radius 3 is 2.63 bits per heavy atom. The molecule has 0 aliphatic heterocycles. The number of carbonyl (C=O) groups excluding carboxylic acids is 2. The highest BCUT2D eigenvalue weighted by molar-refractivity contribution is 7.18. The van der Waals surface area contributed by atoms with Crippen LogP contribution in [0, 0.1) is 12.8 Å². The monoisotopic (exact) mass is 388 g/mol. The number of rotatable bonds is 9. The highest BCUT2D eigenvalue weighted by atomic mass is 32.1. The van der Waals surface area contributed by atoms with Crippen LogP contribution in [-0.4, -0.2) is 28.1 Å². The summed E-state index contributed by atoms with van der Waals surface area (Å²) in [5.41, 5.74) is 2.11. The first-order chi connectivity index (χ1) is 12.9. The molecule has 0 aliphatic rings. The van der Waals surface area contributed by atoms with Crippen molar-refractivity contribution in [3.05, 3.63) is 29.8 Å². The topological polar surface area (TPSA) is 84.0 Å². The van der Waals surface area contributed by atoms with Gasteiger partial charge in [-0.2, -0.15) is 0 Å². The molecule has 0 fully saturated rings. The van der Waals surface area contributed by atoms with Gasteiger partial charge in [0.15, 0.2) is 0 Å². The normalized spacial score (nSPS) is 13.0. The number of benzene rings is 1. The zero-order chi connectivity index (χ0) is 19.8. The Morgan fingerprint density at radius 2 is 1.96 bits per heavy atom. The molecular weight excluding hydrogens is 360 g/mol. The summed E-state index contributed by atoms with van der Waals surface area (Å²) in [6.07, 6.45) is 3.69. The molecule has 0 saturated heterocycles.